The molecule has 10 rings (SSSR count). The van der Waals surface area contributed by atoms with E-state index in [2.05, 4.69) is 124 Å². The minimum Gasteiger partial charge on any atom is -0.453 e. The fourth-order valence-electron chi connectivity index (χ4n) is 6.98. The lowest BCUT2D eigenvalue weighted by molar-refractivity contribution is 0.665. The van der Waals surface area contributed by atoms with Crippen molar-refractivity contribution in [3.05, 3.63) is 146 Å². The van der Waals surface area contributed by atoms with Crippen molar-refractivity contribution in [2.24, 2.45) is 0 Å². The molecule has 5 heteroatoms. The third kappa shape index (κ3) is 3.49. The molecule has 4 aromatic heterocycles. The molecule has 6 aromatic carbocycles. The lowest BCUT2D eigenvalue weighted by Crippen LogP contribution is -2.00. The van der Waals surface area contributed by atoms with Gasteiger partial charge in [-0.1, -0.05) is 78.9 Å². The number of hydrogen-bond donors (Lipinski definition) is 0. The number of aromatic nitrogens is 4. The lowest BCUT2D eigenvalue weighted by Gasteiger charge is -2.08. The molecule has 0 radical (unpaired) electrons. The van der Waals surface area contributed by atoms with Gasteiger partial charge in [-0.3, -0.25) is 4.57 Å². The first kappa shape index (κ1) is 24.3. The average molecular weight is 577 g/mol. The van der Waals surface area contributed by atoms with Gasteiger partial charge in [-0.25, -0.2) is 9.97 Å². The number of benzene rings is 6. The van der Waals surface area contributed by atoms with Crippen molar-refractivity contribution in [2.45, 2.75) is 0 Å². The van der Waals surface area contributed by atoms with Crippen LogP contribution < -0.4 is 0 Å². The molecule has 0 N–H and O–H groups in total. The molecule has 10 aromatic rings. The van der Waals surface area contributed by atoms with Crippen LogP contribution in [0.3, 0.4) is 0 Å². The van der Waals surface area contributed by atoms with Gasteiger partial charge in [-0.05, 0) is 71.8 Å². The molecular formula is C40H24N4O. The minimum atomic E-state index is 0.628. The van der Waals surface area contributed by atoms with Gasteiger partial charge in [-0.15, -0.1) is 0 Å². The summed E-state index contributed by atoms with van der Waals surface area (Å²) in [5, 5.41) is 5.80. The number of nitrogens with zero attached hydrogens (tertiary/aromatic N) is 4. The Morgan fingerprint density at radius 3 is 1.71 bits per heavy atom. The predicted octanol–water partition coefficient (Wildman–Crippen LogP) is 10.2. The second-order valence-electron chi connectivity index (χ2n) is 11.5. The van der Waals surface area contributed by atoms with Gasteiger partial charge in [0.25, 0.3) is 0 Å². The van der Waals surface area contributed by atoms with Crippen molar-refractivity contribution in [1.29, 1.82) is 0 Å². The fourth-order valence-corrected chi connectivity index (χ4v) is 6.98. The van der Waals surface area contributed by atoms with E-state index >= 15 is 0 Å². The number of rotatable bonds is 3. The predicted molar refractivity (Wildman–Crippen MR) is 183 cm³/mol. The Bertz CT molecular complexity index is 2770. The highest BCUT2D eigenvalue weighted by Gasteiger charge is 2.18. The minimum absolute atomic E-state index is 0.628. The summed E-state index contributed by atoms with van der Waals surface area (Å²) in [7, 11) is 0. The van der Waals surface area contributed by atoms with Crippen LogP contribution in [0.5, 0.6) is 0 Å². The second kappa shape index (κ2) is 9.15. The molecule has 0 bridgehead atoms. The van der Waals surface area contributed by atoms with E-state index < -0.39 is 0 Å². The van der Waals surface area contributed by atoms with Gasteiger partial charge >= 0.3 is 0 Å². The summed E-state index contributed by atoms with van der Waals surface area (Å²) in [5.41, 5.74) is 10.4. The van der Waals surface area contributed by atoms with Gasteiger partial charge in [-0.2, -0.15) is 0 Å². The molecule has 5 nitrogen and oxygen atoms in total. The Hall–Kier alpha value is -6.20. The molecule has 0 saturated carbocycles. The molecule has 0 amide bonds. The molecule has 0 aliphatic carbocycles. The highest BCUT2D eigenvalue weighted by Crippen LogP contribution is 2.38. The van der Waals surface area contributed by atoms with Gasteiger partial charge in [0.15, 0.2) is 5.58 Å². The molecule has 0 unspecified atom stereocenters. The maximum Gasteiger partial charge on any atom is 0.235 e. The first-order valence-electron chi connectivity index (χ1n) is 15.1. The van der Waals surface area contributed by atoms with Crippen molar-refractivity contribution in [1.82, 2.24) is 19.1 Å². The Morgan fingerprint density at radius 2 is 1.00 bits per heavy atom. The zero-order chi connectivity index (χ0) is 29.5. The van der Waals surface area contributed by atoms with E-state index in [1.54, 1.807) is 6.20 Å². The first-order valence-corrected chi connectivity index (χ1v) is 15.1. The molecule has 0 saturated heterocycles. The standard InChI is InChI=1S/C40H24N4O/c1-2-10-27(11-3-1)43-33-15-7-4-12-28(33)31-22-25(18-20-35(31)43)26-19-21-36-32(23-26)29-13-5-8-16-34(29)44(36)40-41-24-38-39(42-40)30-14-6-9-17-37(30)45-38/h1-24H. The highest BCUT2D eigenvalue weighted by atomic mass is 16.3. The highest BCUT2D eigenvalue weighted by molar-refractivity contribution is 6.12. The van der Waals surface area contributed by atoms with E-state index in [1.165, 1.54) is 32.9 Å². The molecule has 0 atom stereocenters. The molecular weight excluding hydrogens is 552 g/mol. The first-order chi connectivity index (χ1) is 22.3. The summed E-state index contributed by atoms with van der Waals surface area (Å²) in [5.74, 6) is 0.628. The molecule has 0 aliphatic heterocycles. The summed E-state index contributed by atoms with van der Waals surface area (Å²) in [6, 6.07) is 49.3. The average Bonchev–Trinajstić information content (AvgIpc) is 3.75. The number of hydrogen-bond acceptors (Lipinski definition) is 3. The Balaban J connectivity index is 1.18. The van der Waals surface area contributed by atoms with E-state index in [4.69, 9.17) is 14.4 Å². The second-order valence-corrected chi connectivity index (χ2v) is 11.5. The van der Waals surface area contributed by atoms with E-state index in [-0.39, 0.29) is 0 Å². The molecule has 4 heterocycles. The van der Waals surface area contributed by atoms with Crippen LogP contribution in [0.25, 0.3) is 88.4 Å². The maximum atomic E-state index is 6.01. The molecule has 45 heavy (non-hydrogen) atoms. The number of furan rings is 1. The molecule has 0 fully saturated rings. The topological polar surface area (TPSA) is 48.8 Å². The monoisotopic (exact) mass is 576 g/mol. The van der Waals surface area contributed by atoms with E-state index in [0.29, 0.717) is 11.5 Å². The van der Waals surface area contributed by atoms with Crippen molar-refractivity contribution in [3.8, 4) is 22.8 Å². The molecule has 0 aliphatic rings. The van der Waals surface area contributed by atoms with E-state index in [0.717, 1.165) is 44.0 Å². The van der Waals surface area contributed by atoms with E-state index in [1.807, 2.05) is 24.3 Å². The molecule has 0 spiro atoms. The van der Waals surface area contributed by atoms with Crippen LogP contribution >= 0.6 is 0 Å². The Morgan fingerprint density at radius 1 is 0.444 bits per heavy atom. The van der Waals surface area contributed by atoms with Crippen LogP contribution in [0.15, 0.2) is 150 Å². The van der Waals surface area contributed by atoms with Crippen LogP contribution in [-0.4, -0.2) is 19.1 Å². The summed E-state index contributed by atoms with van der Waals surface area (Å²) >= 11 is 0. The SMILES string of the molecule is c1ccc(-n2c3ccccc3c3cc(-c4ccc5c(c4)c4ccccc4n5-c4ncc5oc6ccccc6c5n4)ccc32)cc1. The van der Waals surface area contributed by atoms with Crippen LogP contribution in [0.4, 0.5) is 0 Å². The summed E-state index contributed by atoms with van der Waals surface area (Å²) < 4.78 is 10.5. The van der Waals surface area contributed by atoms with Gasteiger partial charge in [0, 0.05) is 32.6 Å². The Kier molecular flexibility index (Phi) is 4.93. The zero-order valence-electron chi connectivity index (χ0n) is 24.1. The fraction of sp³-hybridized carbons (Fsp3) is 0. The number of para-hydroxylation sites is 4. The van der Waals surface area contributed by atoms with Crippen molar-refractivity contribution in [2.75, 3.05) is 0 Å². The van der Waals surface area contributed by atoms with Gasteiger partial charge < -0.3 is 8.98 Å². The largest absolute Gasteiger partial charge is 0.453 e. The third-order valence-corrected chi connectivity index (χ3v) is 9.00. The Labute approximate surface area is 257 Å². The van der Waals surface area contributed by atoms with Crippen LogP contribution in [0.2, 0.25) is 0 Å². The van der Waals surface area contributed by atoms with E-state index in [9.17, 15) is 0 Å². The summed E-state index contributed by atoms with van der Waals surface area (Å²) in [6.45, 7) is 0. The van der Waals surface area contributed by atoms with Crippen LogP contribution in [0, 0.1) is 0 Å². The van der Waals surface area contributed by atoms with Crippen molar-refractivity contribution in [3.63, 3.8) is 0 Å². The van der Waals surface area contributed by atoms with Crippen molar-refractivity contribution >= 4 is 65.7 Å². The molecule has 210 valence electrons. The normalized spacial score (nSPS) is 12.0. The quantitative estimate of drug-likeness (QED) is 0.210. The van der Waals surface area contributed by atoms with Gasteiger partial charge in [0.2, 0.25) is 5.95 Å². The third-order valence-electron chi connectivity index (χ3n) is 9.00. The number of fused-ring (bicyclic) bond motifs is 9. The van der Waals surface area contributed by atoms with Crippen molar-refractivity contribution < 1.29 is 4.42 Å². The van der Waals surface area contributed by atoms with Gasteiger partial charge in [0.05, 0.1) is 28.3 Å². The zero-order valence-corrected chi connectivity index (χ0v) is 24.1. The maximum absolute atomic E-state index is 6.01. The van der Waals surface area contributed by atoms with Crippen LogP contribution in [0.1, 0.15) is 0 Å². The lowest BCUT2D eigenvalue weighted by atomic mass is 10.0. The van der Waals surface area contributed by atoms with Crippen LogP contribution in [-0.2, 0) is 0 Å². The smallest absolute Gasteiger partial charge is 0.235 e. The van der Waals surface area contributed by atoms with Gasteiger partial charge in [0.1, 0.15) is 11.1 Å². The summed E-state index contributed by atoms with van der Waals surface area (Å²) in [4.78, 5) is 9.80. The summed E-state index contributed by atoms with van der Waals surface area (Å²) in [6.07, 6.45) is 1.79.